The molecular weight excluding hydrogens is 340 g/mol. The highest BCUT2D eigenvalue weighted by atomic mass is 35.7. The molecule has 128 valence electrons. The zero-order valence-corrected chi connectivity index (χ0v) is 14.2. The lowest BCUT2D eigenvalue weighted by molar-refractivity contribution is -0.238. The van der Waals surface area contributed by atoms with Crippen LogP contribution in [0.15, 0.2) is 0 Å². The lowest BCUT2D eigenvalue weighted by atomic mass is 9.99. The van der Waals surface area contributed by atoms with E-state index in [1.165, 1.54) is 0 Å². The average molecular weight is 359 g/mol. The highest BCUT2D eigenvalue weighted by Gasteiger charge is 2.60. The minimum Gasteiger partial charge on any atom is -0.342 e. The van der Waals surface area contributed by atoms with Crippen LogP contribution in [0.5, 0.6) is 0 Å². The van der Waals surface area contributed by atoms with Crippen molar-refractivity contribution in [3.63, 3.8) is 0 Å². The highest BCUT2D eigenvalue weighted by Crippen LogP contribution is 2.44. The average Bonchev–Trinajstić information content (AvgIpc) is 2.79. The summed E-state index contributed by atoms with van der Waals surface area (Å²) in [6.07, 6.45) is -2.88. The minimum atomic E-state index is -4.10. The maximum atomic E-state index is 11.0. The molecule has 3 fully saturated rings. The number of ether oxygens (including phenoxy) is 5. The van der Waals surface area contributed by atoms with Gasteiger partial charge in [0.05, 0.1) is 6.61 Å². The normalized spacial score (nSPS) is 42.9. The fourth-order valence-electron chi connectivity index (χ4n) is 2.98. The second-order valence-electron chi connectivity index (χ2n) is 6.39. The van der Waals surface area contributed by atoms with Gasteiger partial charge in [-0.3, -0.25) is 4.18 Å². The Morgan fingerprint density at radius 3 is 2.14 bits per heavy atom. The fourth-order valence-corrected chi connectivity index (χ4v) is 3.43. The molecule has 0 unspecified atom stereocenters. The van der Waals surface area contributed by atoms with Gasteiger partial charge in [-0.05, 0) is 27.7 Å². The number of fused-ring (bicyclic) bond motifs is 3. The predicted octanol–water partition coefficient (Wildman–Crippen LogP) is 0.883. The molecule has 5 atom stereocenters. The summed E-state index contributed by atoms with van der Waals surface area (Å²) >= 11 is 0. The van der Waals surface area contributed by atoms with E-state index in [2.05, 4.69) is 4.18 Å². The van der Waals surface area contributed by atoms with Crippen molar-refractivity contribution in [3.05, 3.63) is 0 Å². The number of hydrogen-bond donors (Lipinski definition) is 0. The first-order valence-electron chi connectivity index (χ1n) is 6.92. The van der Waals surface area contributed by atoms with Gasteiger partial charge in [-0.2, -0.15) is 8.42 Å². The smallest absolute Gasteiger partial charge is 0.342 e. The molecule has 3 heterocycles. The summed E-state index contributed by atoms with van der Waals surface area (Å²) in [5, 5.41) is 0. The molecule has 0 aromatic rings. The molecule has 0 saturated carbocycles. The molecular formula is C12H19ClO8S. The molecule has 3 aliphatic rings. The summed E-state index contributed by atoms with van der Waals surface area (Å²) in [5.41, 5.74) is 0. The van der Waals surface area contributed by atoms with E-state index in [0.717, 1.165) is 0 Å². The van der Waals surface area contributed by atoms with Crippen LogP contribution >= 0.6 is 10.7 Å². The lowest BCUT2D eigenvalue weighted by Crippen LogP contribution is -2.56. The van der Waals surface area contributed by atoms with E-state index in [-0.39, 0.29) is 6.61 Å². The second kappa shape index (κ2) is 5.25. The second-order valence-corrected chi connectivity index (χ2v) is 8.54. The van der Waals surface area contributed by atoms with Crippen LogP contribution in [-0.4, -0.2) is 57.3 Å². The van der Waals surface area contributed by atoms with Crippen molar-refractivity contribution in [1.82, 2.24) is 0 Å². The Morgan fingerprint density at radius 2 is 1.50 bits per heavy atom. The van der Waals surface area contributed by atoms with Gasteiger partial charge in [0.15, 0.2) is 17.9 Å². The van der Waals surface area contributed by atoms with Crippen molar-refractivity contribution in [2.24, 2.45) is 0 Å². The van der Waals surface area contributed by atoms with E-state index in [1.807, 2.05) is 0 Å². The van der Waals surface area contributed by atoms with E-state index >= 15 is 0 Å². The molecule has 0 radical (unpaired) electrons. The number of rotatable bonds is 3. The molecule has 0 aromatic carbocycles. The van der Waals surface area contributed by atoms with Crippen LogP contribution in [0, 0.1) is 0 Å². The van der Waals surface area contributed by atoms with E-state index in [0.29, 0.717) is 0 Å². The van der Waals surface area contributed by atoms with E-state index in [4.69, 9.17) is 34.4 Å². The third-order valence-electron chi connectivity index (χ3n) is 3.62. The molecule has 0 aliphatic carbocycles. The van der Waals surface area contributed by atoms with E-state index < -0.39 is 51.6 Å². The third-order valence-corrected chi connectivity index (χ3v) is 4.31. The van der Waals surface area contributed by atoms with Crippen molar-refractivity contribution in [2.45, 2.75) is 70.0 Å². The Hall–Kier alpha value is -0.0000000000000000694. The maximum Gasteiger partial charge on any atom is 0.355 e. The summed E-state index contributed by atoms with van der Waals surface area (Å²) in [4.78, 5) is 0. The van der Waals surface area contributed by atoms with Crippen LogP contribution in [0.2, 0.25) is 0 Å². The van der Waals surface area contributed by atoms with Gasteiger partial charge in [-0.1, -0.05) is 0 Å². The largest absolute Gasteiger partial charge is 0.355 e. The monoisotopic (exact) mass is 358 g/mol. The Labute approximate surface area is 133 Å². The van der Waals surface area contributed by atoms with Gasteiger partial charge < -0.3 is 23.7 Å². The van der Waals surface area contributed by atoms with E-state index in [1.54, 1.807) is 27.7 Å². The Balaban J connectivity index is 1.81. The van der Waals surface area contributed by atoms with Crippen molar-refractivity contribution >= 4 is 20.0 Å². The molecule has 8 nitrogen and oxygen atoms in total. The Morgan fingerprint density at radius 1 is 0.955 bits per heavy atom. The first-order valence-corrected chi connectivity index (χ1v) is 9.15. The zero-order chi connectivity index (χ0) is 16.3. The summed E-state index contributed by atoms with van der Waals surface area (Å²) in [5.74, 6) is -1.67. The Bertz CT molecular complexity index is 547. The highest BCUT2D eigenvalue weighted by molar-refractivity contribution is 8.09. The molecule has 10 heteroatoms. The summed E-state index contributed by atoms with van der Waals surface area (Å²) in [7, 11) is 0.972. The van der Waals surface area contributed by atoms with Crippen molar-refractivity contribution in [3.8, 4) is 0 Å². The quantitative estimate of drug-likeness (QED) is 0.687. The Kier molecular flexibility index (Phi) is 4.02. The summed E-state index contributed by atoms with van der Waals surface area (Å²) < 4.78 is 55.5. The van der Waals surface area contributed by atoms with Gasteiger partial charge in [-0.25, -0.2) is 0 Å². The standard InChI is InChI=1S/C12H19ClO8S/c1-11(2)18-7-6(5-16-22(13,14)15)17-10-9(8(7)19-11)20-12(3,4)21-10/h6-10H,5H2,1-4H3/t6-,7+,8+,9-,10-/m1/s1. The number of hydrogen-bond acceptors (Lipinski definition) is 8. The fraction of sp³-hybridized carbons (Fsp3) is 1.00. The molecule has 0 amide bonds. The molecule has 22 heavy (non-hydrogen) atoms. The minimum absolute atomic E-state index is 0.292. The van der Waals surface area contributed by atoms with Gasteiger partial charge in [0, 0.05) is 10.7 Å². The molecule has 3 aliphatic heterocycles. The van der Waals surface area contributed by atoms with Crippen LogP contribution in [-0.2, 0) is 37.2 Å². The third kappa shape index (κ3) is 3.41. The van der Waals surface area contributed by atoms with Crippen LogP contribution in [0.1, 0.15) is 27.7 Å². The molecule has 0 aromatic heterocycles. The van der Waals surface area contributed by atoms with Crippen LogP contribution in [0.4, 0.5) is 0 Å². The molecule has 0 N–H and O–H groups in total. The van der Waals surface area contributed by atoms with Crippen molar-refractivity contribution in [1.29, 1.82) is 0 Å². The lowest BCUT2D eigenvalue weighted by Gasteiger charge is -2.36. The van der Waals surface area contributed by atoms with Gasteiger partial charge in [0.1, 0.15) is 24.4 Å². The predicted molar refractivity (Wildman–Crippen MR) is 73.2 cm³/mol. The molecule has 3 rings (SSSR count). The summed E-state index contributed by atoms with van der Waals surface area (Å²) in [6.45, 7) is 6.76. The molecule has 3 saturated heterocycles. The van der Waals surface area contributed by atoms with Crippen LogP contribution in [0.3, 0.4) is 0 Å². The van der Waals surface area contributed by atoms with Crippen LogP contribution < -0.4 is 0 Å². The molecule has 0 spiro atoms. The topological polar surface area (TPSA) is 89.5 Å². The SMILES string of the molecule is CC1(C)O[C@H]2[C@@H](O1)[C@@H](COS(=O)(=O)Cl)O[C@@H]1OC(C)(C)O[C@@H]12. The van der Waals surface area contributed by atoms with Gasteiger partial charge in [0.2, 0.25) is 0 Å². The maximum absolute atomic E-state index is 11.0. The van der Waals surface area contributed by atoms with Gasteiger partial charge in [0.25, 0.3) is 0 Å². The zero-order valence-electron chi connectivity index (χ0n) is 12.6. The van der Waals surface area contributed by atoms with Crippen molar-refractivity contribution < 1.29 is 36.3 Å². The van der Waals surface area contributed by atoms with E-state index in [9.17, 15) is 8.42 Å². The first kappa shape index (κ1) is 16.8. The van der Waals surface area contributed by atoms with Crippen LogP contribution in [0.25, 0.3) is 0 Å². The van der Waals surface area contributed by atoms with Gasteiger partial charge in [-0.15, -0.1) is 0 Å². The molecule has 0 bridgehead atoms. The van der Waals surface area contributed by atoms with Crippen molar-refractivity contribution in [2.75, 3.05) is 6.61 Å². The number of halogens is 1. The summed E-state index contributed by atoms with van der Waals surface area (Å²) in [6, 6.07) is 0. The van der Waals surface area contributed by atoms with Gasteiger partial charge >= 0.3 is 9.33 Å². The first-order chi connectivity index (χ1) is 9.96.